The third-order valence-corrected chi connectivity index (χ3v) is 2.88. The number of H-pyrrole nitrogens is 1. The number of benzene rings is 1. The molecule has 2 aromatic rings. The fourth-order valence-corrected chi connectivity index (χ4v) is 1.96. The molecule has 6 nitrogen and oxygen atoms in total. The first-order valence-corrected chi connectivity index (χ1v) is 6.12. The lowest BCUT2D eigenvalue weighted by Gasteiger charge is -1.98. The Bertz CT molecular complexity index is 592. The summed E-state index contributed by atoms with van der Waals surface area (Å²) in [5.74, 6) is 0.865. The van der Waals surface area contributed by atoms with Gasteiger partial charge in [0.1, 0.15) is 5.82 Å². The monoisotopic (exact) mass is 260 g/mol. The summed E-state index contributed by atoms with van der Waals surface area (Å²) in [7, 11) is 0. The minimum absolute atomic E-state index is 0.0726. The van der Waals surface area contributed by atoms with Gasteiger partial charge in [-0.1, -0.05) is 12.1 Å². The zero-order chi connectivity index (χ0) is 13.8. The fourth-order valence-electron chi connectivity index (χ4n) is 1.96. The molecular formula is C13H16N4O2. The van der Waals surface area contributed by atoms with Gasteiger partial charge in [-0.25, -0.2) is 4.98 Å². The highest BCUT2D eigenvalue weighted by Crippen LogP contribution is 2.25. The highest BCUT2D eigenvalue weighted by molar-refractivity contribution is 5.64. The van der Waals surface area contributed by atoms with Gasteiger partial charge in [0.15, 0.2) is 0 Å². The Kier molecular flexibility index (Phi) is 3.91. The van der Waals surface area contributed by atoms with Crippen LogP contribution in [0.3, 0.4) is 0 Å². The summed E-state index contributed by atoms with van der Waals surface area (Å²) < 4.78 is 0. The van der Waals surface area contributed by atoms with Gasteiger partial charge in [0.05, 0.1) is 10.6 Å². The lowest BCUT2D eigenvalue weighted by atomic mass is 10.1. The number of hydrogen-bond donors (Lipinski definition) is 2. The van der Waals surface area contributed by atoms with Gasteiger partial charge < -0.3 is 10.7 Å². The topological polar surface area (TPSA) is 97.8 Å². The summed E-state index contributed by atoms with van der Waals surface area (Å²) in [5, 5.41) is 10.8. The van der Waals surface area contributed by atoms with Gasteiger partial charge in [0, 0.05) is 29.8 Å². The first-order valence-electron chi connectivity index (χ1n) is 6.12. The van der Waals surface area contributed by atoms with E-state index in [1.165, 1.54) is 12.1 Å². The molecule has 100 valence electrons. The number of nitro groups is 1. The predicted octanol–water partition coefficient (Wildman–Crippen LogP) is 2.18. The molecule has 0 aliphatic heterocycles. The number of nitrogens with two attached hydrogens (primary N) is 1. The predicted molar refractivity (Wildman–Crippen MR) is 72.8 cm³/mol. The number of rotatable bonds is 5. The highest BCUT2D eigenvalue weighted by Gasteiger charge is 2.12. The molecule has 0 unspecified atom stereocenters. The minimum atomic E-state index is -0.402. The average Bonchev–Trinajstić information content (AvgIpc) is 2.77. The normalized spacial score (nSPS) is 10.6. The molecule has 6 heteroatoms. The Morgan fingerprint density at radius 2 is 2.26 bits per heavy atom. The lowest BCUT2D eigenvalue weighted by Crippen LogP contribution is -2.01. The number of imidazole rings is 1. The zero-order valence-corrected chi connectivity index (χ0v) is 10.7. The third-order valence-electron chi connectivity index (χ3n) is 2.88. The Balaban J connectivity index is 2.33. The molecule has 0 aliphatic rings. The first-order chi connectivity index (χ1) is 9.11. The molecule has 0 bridgehead atoms. The van der Waals surface area contributed by atoms with E-state index in [4.69, 9.17) is 5.73 Å². The van der Waals surface area contributed by atoms with E-state index in [9.17, 15) is 10.1 Å². The molecule has 0 aliphatic carbocycles. The molecule has 0 radical (unpaired) electrons. The van der Waals surface area contributed by atoms with E-state index in [1.807, 2.05) is 13.0 Å². The second-order valence-electron chi connectivity index (χ2n) is 4.36. The molecule has 1 aromatic heterocycles. The molecule has 0 fully saturated rings. The van der Waals surface area contributed by atoms with E-state index in [2.05, 4.69) is 9.97 Å². The summed E-state index contributed by atoms with van der Waals surface area (Å²) in [6.45, 7) is 2.53. The number of aromatic nitrogens is 2. The Labute approximate surface area is 110 Å². The van der Waals surface area contributed by atoms with Gasteiger partial charge in [-0.3, -0.25) is 10.1 Å². The van der Waals surface area contributed by atoms with Crippen LogP contribution in [-0.2, 0) is 6.42 Å². The van der Waals surface area contributed by atoms with Crippen molar-refractivity contribution in [3.63, 3.8) is 0 Å². The summed E-state index contributed by atoms with van der Waals surface area (Å²) >= 11 is 0. The number of nitrogens with one attached hydrogen (secondary N) is 1. The van der Waals surface area contributed by atoms with Crippen LogP contribution in [0.15, 0.2) is 24.3 Å². The van der Waals surface area contributed by atoms with Crippen molar-refractivity contribution >= 4 is 5.69 Å². The molecule has 0 spiro atoms. The minimum Gasteiger partial charge on any atom is -0.346 e. The standard InChI is InChI=1S/C13H16N4O2/c1-9-13(16-12(15-9)6-3-7-14)10-4-2-5-11(8-10)17(18)19/h2,4-5,8H,3,6-7,14H2,1H3,(H,15,16). The SMILES string of the molecule is Cc1[nH]c(CCCN)nc1-c1cccc([N+](=O)[O-])c1. The summed E-state index contributed by atoms with van der Waals surface area (Å²) in [6.07, 6.45) is 1.65. The molecule has 1 aromatic carbocycles. The van der Waals surface area contributed by atoms with Crippen molar-refractivity contribution in [2.45, 2.75) is 19.8 Å². The number of non-ortho nitro benzene ring substituents is 1. The summed E-state index contributed by atoms with van der Waals surface area (Å²) in [4.78, 5) is 18.1. The molecule has 0 atom stereocenters. The van der Waals surface area contributed by atoms with E-state index in [0.717, 1.165) is 35.6 Å². The Morgan fingerprint density at radius 3 is 2.95 bits per heavy atom. The Morgan fingerprint density at radius 1 is 1.47 bits per heavy atom. The van der Waals surface area contributed by atoms with Crippen LogP contribution >= 0.6 is 0 Å². The van der Waals surface area contributed by atoms with Gasteiger partial charge in [0.25, 0.3) is 5.69 Å². The van der Waals surface area contributed by atoms with E-state index in [-0.39, 0.29) is 5.69 Å². The van der Waals surface area contributed by atoms with Crippen molar-refractivity contribution in [2.24, 2.45) is 5.73 Å². The van der Waals surface area contributed by atoms with Crippen molar-refractivity contribution in [3.05, 3.63) is 45.9 Å². The smallest absolute Gasteiger partial charge is 0.270 e. The molecular weight excluding hydrogens is 244 g/mol. The van der Waals surface area contributed by atoms with Crippen molar-refractivity contribution in [2.75, 3.05) is 6.54 Å². The average molecular weight is 260 g/mol. The maximum atomic E-state index is 10.8. The van der Waals surface area contributed by atoms with E-state index >= 15 is 0 Å². The maximum Gasteiger partial charge on any atom is 0.270 e. The van der Waals surface area contributed by atoms with Crippen LogP contribution in [0.4, 0.5) is 5.69 Å². The quantitative estimate of drug-likeness (QED) is 0.636. The van der Waals surface area contributed by atoms with Crippen LogP contribution < -0.4 is 5.73 Å². The van der Waals surface area contributed by atoms with Gasteiger partial charge in [0.2, 0.25) is 0 Å². The summed E-state index contributed by atoms with van der Waals surface area (Å²) in [6, 6.07) is 6.50. The van der Waals surface area contributed by atoms with Crippen LogP contribution in [0.5, 0.6) is 0 Å². The molecule has 0 saturated carbocycles. The second kappa shape index (κ2) is 5.62. The van der Waals surface area contributed by atoms with E-state index in [0.29, 0.717) is 6.54 Å². The number of aromatic amines is 1. The number of hydrogen-bond acceptors (Lipinski definition) is 4. The van der Waals surface area contributed by atoms with Crippen LogP contribution in [0, 0.1) is 17.0 Å². The molecule has 19 heavy (non-hydrogen) atoms. The molecule has 3 N–H and O–H groups in total. The fraction of sp³-hybridized carbons (Fsp3) is 0.308. The molecule has 0 saturated heterocycles. The van der Waals surface area contributed by atoms with E-state index < -0.39 is 4.92 Å². The highest BCUT2D eigenvalue weighted by atomic mass is 16.6. The van der Waals surface area contributed by atoms with Crippen molar-refractivity contribution in [1.82, 2.24) is 9.97 Å². The Hall–Kier alpha value is -2.21. The van der Waals surface area contributed by atoms with Crippen LogP contribution in [0.2, 0.25) is 0 Å². The third kappa shape index (κ3) is 2.97. The number of nitrogens with zero attached hydrogens (tertiary/aromatic N) is 2. The van der Waals surface area contributed by atoms with Gasteiger partial charge in [-0.15, -0.1) is 0 Å². The second-order valence-corrected chi connectivity index (χ2v) is 4.36. The van der Waals surface area contributed by atoms with Crippen LogP contribution in [0.25, 0.3) is 11.3 Å². The maximum absolute atomic E-state index is 10.8. The zero-order valence-electron chi connectivity index (χ0n) is 10.7. The van der Waals surface area contributed by atoms with Gasteiger partial charge in [-0.2, -0.15) is 0 Å². The van der Waals surface area contributed by atoms with Crippen LogP contribution in [-0.4, -0.2) is 21.4 Å². The van der Waals surface area contributed by atoms with E-state index in [1.54, 1.807) is 6.07 Å². The van der Waals surface area contributed by atoms with Crippen molar-refractivity contribution in [3.8, 4) is 11.3 Å². The lowest BCUT2D eigenvalue weighted by molar-refractivity contribution is -0.384. The van der Waals surface area contributed by atoms with Crippen molar-refractivity contribution < 1.29 is 4.92 Å². The largest absolute Gasteiger partial charge is 0.346 e. The van der Waals surface area contributed by atoms with Crippen molar-refractivity contribution in [1.29, 1.82) is 0 Å². The molecule has 0 amide bonds. The summed E-state index contributed by atoms with van der Waals surface area (Å²) in [5.41, 5.74) is 7.96. The first kappa shape index (κ1) is 13.2. The van der Waals surface area contributed by atoms with Gasteiger partial charge >= 0.3 is 0 Å². The molecule has 2 rings (SSSR count). The van der Waals surface area contributed by atoms with Crippen LogP contribution in [0.1, 0.15) is 17.9 Å². The van der Waals surface area contributed by atoms with Gasteiger partial charge in [-0.05, 0) is 19.9 Å². The number of aryl methyl sites for hydroxylation is 2. The number of nitro benzene ring substituents is 1. The molecule has 1 heterocycles.